The van der Waals surface area contributed by atoms with E-state index in [1.54, 1.807) is 18.3 Å². The van der Waals surface area contributed by atoms with Crippen molar-refractivity contribution in [3.8, 4) is 5.69 Å². The average molecular weight is 567 g/mol. The highest BCUT2D eigenvalue weighted by molar-refractivity contribution is 7.80. The molecule has 38 heavy (non-hydrogen) atoms. The van der Waals surface area contributed by atoms with Gasteiger partial charge in [-0.15, -0.1) is 0 Å². The number of aryl methyl sites for hydroxylation is 1. The van der Waals surface area contributed by atoms with Gasteiger partial charge in [-0.25, -0.2) is 0 Å². The highest BCUT2D eigenvalue weighted by atomic mass is 35.5. The molecule has 2 N–H and O–H groups in total. The summed E-state index contributed by atoms with van der Waals surface area (Å²) in [5, 5.41) is 7.88. The zero-order valence-electron chi connectivity index (χ0n) is 20.7. The van der Waals surface area contributed by atoms with Crippen molar-refractivity contribution in [2.75, 3.05) is 23.9 Å². The lowest BCUT2D eigenvalue weighted by Gasteiger charge is -2.29. The number of methoxy groups -OCH3 is 1. The maximum atomic E-state index is 12.0. The number of nitrogens with zero attached hydrogens (tertiary/aromatic N) is 3. The summed E-state index contributed by atoms with van der Waals surface area (Å²) in [6.45, 7) is 1.92. The van der Waals surface area contributed by atoms with Gasteiger partial charge < -0.3 is 24.8 Å². The summed E-state index contributed by atoms with van der Waals surface area (Å²) in [5.41, 5.74) is 5.10. The lowest BCUT2D eigenvalue weighted by atomic mass is 10.0. The van der Waals surface area contributed by atoms with E-state index in [4.69, 9.17) is 40.2 Å². The molecular weight excluding hydrogens is 541 g/mol. The first kappa shape index (κ1) is 26.2. The number of halogens is 2. The molecule has 1 aliphatic heterocycles. The van der Waals surface area contributed by atoms with E-state index in [1.807, 2.05) is 60.5 Å². The molecule has 3 heterocycles. The third-order valence-corrected chi connectivity index (χ3v) is 7.43. The van der Waals surface area contributed by atoms with Gasteiger partial charge in [-0.3, -0.25) is 9.78 Å². The Labute approximate surface area is 236 Å². The van der Waals surface area contributed by atoms with Crippen molar-refractivity contribution in [3.63, 3.8) is 0 Å². The van der Waals surface area contributed by atoms with E-state index >= 15 is 0 Å². The lowest BCUT2D eigenvalue weighted by molar-refractivity contribution is -0.119. The van der Waals surface area contributed by atoms with Gasteiger partial charge in [0.25, 0.3) is 0 Å². The summed E-state index contributed by atoms with van der Waals surface area (Å²) < 4.78 is 7.03. The fourth-order valence-corrected chi connectivity index (χ4v) is 5.34. The Morgan fingerprint density at radius 3 is 2.61 bits per heavy atom. The first-order valence-electron chi connectivity index (χ1n) is 11.9. The molecule has 2 aromatic carbocycles. The molecule has 194 valence electrons. The van der Waals surface area contributed by atoms with Gasteiger partial charge in [0, 0.05) is 41.6 Å². The van der Waals surface area contributed by atoms with Crippen LogP contribution >= 0.6 is 35.4 Å². The van der Waals surface area contributed by atoms with Gasteiger partial charge in [0.05, 0.1) is 22.4 Å². The van der Waals surface area contributed by atoms with Crippen LogP contribution in [0.3, 0.4) is 0 Å². The van der Waals surface area contributed by atoms with E-state index in [0.29, 0.717) is 20.8 Å². The zero-order chi connectivity index (χ0) is 26.8. The maximum Gasteiger partial charge on any atom is 0.250 e. The summed E-state index contributed by atoms with van der Waals surface area (Å²) >= 11 is 18.8. The molecule has 0 saturated carbocycles. The Balaban J connectivity index is 1.59. The molecule has 5 rings (SSSR count). The molecule has 0 aliphatic carbocycles. The van der Waals surface area contributed by atoms with Crippen LogP contribution in [-0.4, -0.2) is 34.3 Å². The molecule has 0 bridgehead atoms. The molecule has 7 nitrogen and oxygen atoms in total. The number of nitrogens with one attached hydrogen (secondary N) is 2. The van der Waals surface area contributed by atoms with Crippen LogP contribution in [0.2, 0.25) is 10.0 Å². The highest BCUT2D eigenvalue weighted by Crippen LogP contribution is 2.43. The van der Waals surface area contributed by atoms with Crippen LogP contribution in [0.25, 0.3) is 5.69 Å². The van der Waals surface area contributed by atoms with Gasteiger partial charge in [-0.05, 0) is 85.4 Å². The number of carbonyl (C=O) groups is 1. The second kappa shape index (κ2) is 11.1. The summed E-state index contributed by atoms with van der Waals surface area (Å²) in [7, 11) is 1.46. The third kappa shape index (κ3) is 5.13. The molecule has 1 fully saturated rings. The predicted molar refractivity (Wildman–Crippen MR) is 155 cm³/mol. The van der Waals surface area contributed by atoms with Crippen LogP contribution in [0, 0.1) is 6.92 Å². The molecule has 1 aliphatic rings. The van der Waals surface area contributed by atoms with E-state index in [2.05, 4.69) is 32.3 Å². The van der Waals surface area contributed by atoms with E-state index in [1.165, 1.54) is 7.11 Å². The first-order valence-corrected chi connectivity index (χ1v) is 13.1. The molecule has 0 unspecified atom stereocenters. The minimum atomic E-state index is -0.287. The van der Waals surface area contributed by atoms with Crippen molar-refractivity contribution >= 4 is 57.8 Å². The van der Waals surface area contributed by atoms with Crippen LogP contribution in [0.4, 0.5) is 11.4 Å². The number of thiocarbonyl (C=S) groups is 1. The molecule has 0 radical (unpaired) electrons. The van der Waals surface area contributed by atoms with Crippen molar-refractivity contribution in [1.29, 1.82) is 0 Å². The van der Waals surface area contributed by atoms with Gasteiger partial charge in [-0.1, -0.05) is 29.3 Å². The van der Waals surface area contributed by atoms with Crippen LogP contribution in [-0.2, 0) is 9.53 Å². The minimum Gasteiger partial charge on any atom is -0.375 e. The van der Waals surface area contributed by atoms with Crippen LogP contribution in [0.5, 0.6) is 0 Å². The van der Waals surface area contributed by atoms with Crippen molar-refractivity contribution in [2.24, 2.45) is 0 Å². The number of rotatable bonds is 7. The average Bonchev–Trinajstić information content (AvgIpc) is 3.52. The van der Waals surface area contributed by atoms with Crippen LogP contribution in [0.1, 0.15) is 29.0 Å². The number of hydrogen-bond donors (Lipinski definition) is 2. The SMILES string of the molecule is COCC(=O)Nc1ccc(N2C(=S)N[C@H](c3ccccn3)[C@H]2c2cccn2-c2ccc(Cl)c(C)c2)cc1Cl. The van der Waals surface area contributed by atoms with Gasteiger partial charge in [0.2, 0.25) is 5.91 Å². The maximum absolute atomic E-state index is 12.0. The largest absolute Gasteiger partial charge is 0.375 e. The monoisotopic (exact) mass is 565 g/mol. The van der Waals surface area contributed by atoms with Crippen LogP contribution in [0.15, 0.2) is 79.1 Å². The number of pyridine rings is 1. The van der Waals surface area contributed by atoms with Gasteiger partial charge in [0.15, 0.2) is 5.11 Å². The predicted octanol–water partition coefficient (Wildman–Crippen LogP) is 6.25. The fraction of sp³-hybridized carbons (Fsp3) is 0.179. The summed E-state index contributed by atoms with van der Waals surface area (Å²) in [6.07, 6.45) is 3.80. The Bertz CT molecular complexity index is 1490. The number of anilines is 2. The number of ether oxygens (including phenoxy) is 1. The van der Waals surface area contributed by atoms with Gasteiger partial charge >= 0.3 is 0 Å². The van der Waals surface area contributed by atoms with Gasteiger partial charge in [0.1, 0.15) is 12.6 Å². The number of carbonyl (C=O) groups excluding carboxylic acids is 1. The van der Waals surface area contributed by atoms with Crippen molar-refractivity contribution < 1.29 is 9.53 Å². The molecule has 2 aromatic heterocycles. The second-order valence-corrected chi connectivity index (χ2v) is 10.1. The molecule has 2 atom stereocenters. The van der Waals surface area contributed by atoms with Crippen molar-refractivity contribution in [1.82, 2.24) is 14.9 Å². The fourth-order valence-electron chi connectivity index (χ4n) is 4.66. The smallest absolute Gasteiger partial charge is 0.250 e. The minimum absolute atomic E-state index is 0.0623. The molecular formula is C28H25Cl2N5O2S. The number of benzene rings is 2. The van der Waals surface area contributed by atoms with E-state index in [0.717, 1.165) is 28.3 Å². The summed E-state index contributed by atoms with van der Waals surface area (Å²) in [5.74, 6) is -0.287. The standard InChI is InChI=1S/C28H25Cl2N5O2S/c1-17-14-18(8-10-20(17)29)34-13-5-7-24(34)27-26(23-6-3-4-12-31-23)33-28(38)35(27)19-9-11-22(21(30)15-19)32-25(36)16-37-2/h3-15,26-27H,16H2,1-2H3,(H,32,36)(H,33,38)/t26-,27-/m1/s1. The van der Waals surface area contributed by atoms with Crippen LogP contribution < -0.4 is 15.5 Å². The molecule has 1 amide bonds. The normalized spacial score (nSPS) is 16.9. The number of amides is 1. The van der Waals surface area contributed by atoms with E-state index < -0.39 is 0 Å². The Morgan fingerprint density at radius 2 is 1.89 bits per heavy atom. The van der Waals surface area contributed by atoms with Crippen molar-refractivity contribution in [3.05, 3.63) is 106 Å². The second-order valence-electron chi connectivity index (χ2n) is 8.88. The Kier molecular flexibility index (Phi) is 7.67. The Hall–Kier alpha value is -3.43. The molecule has 4 aromatic rings. The van der Waals surface area contributed by atoms with Crippen molar-refractivity contribution in [2.45, 2.75) is 19.0 Å². The summed E-state index contributed by atoms with van der Waals surface area (Å²) in [4.78, 5) is 18.7. The number of aromatic nitrogens is 2. The summed E-state index contributed by atoms with van der Waals surface area (Å²) in [6, 6.07) is 20.8. The number of hydrogen-bond acceptors (Lipinski definition) is 4. The highest BCUT2D eigenvalue weighted by Gasteiger charge is 2.42. The topological polar surface area (TPSA) is 71.4 Å². The lowest BCUT2D eigenvalue weighted by Crippen LogP contribution is -2.30. The van der Waals surface area contributed by atoms with Gasteiger partial charge in [-0.2, -0.15) is 0 Å². The quantitative estimate of drug-likeness (QED) is 0.258. The Morgan fingerprint density at radius 1 is 1.08 bits per heavy atom. The van der Waals surface area contributed by atoms with E-state index in [9.17, 15) is 4.79 Å². The first-order chi connectivity index (χ1) is 18.4. The zero-order valence-corrected chi connectivity index (χ0v) is 23.0. The molecule has 10 heteroatoms. The molecule has 1 saturated heterocycles. The molecule has 0 spiro atoms. The third-order valence-electron chi connectivity index (χ3n) is 6.38. The van der Waals surface area contributed by atoms with E-state index in [-0.39, 0.29) is 24.6 Å².